The molecule has 2 aliphatic rings. The fraction of sp³-hybridized carbons (Fsp3) is 1.00. The molecule has 1 spiro atoms. The van der Waals surface area contributed by atoms with Gasteiger partial charge in [-0.3, -0.25) is 0 Å². The van der Waals surface area contributed by atoms with Gasteiger partial charge < -0.3 is 4.90 Å². The largest absolute Gasteiger partial charge is 0.304 e. The van der Waals surface area contributed by atoms with Gasteiger partial charge in [-0.25, -0.2) is 0 Å². The molecule has 1 nitrogen and oxygen atoms in total. The van der Waals surface area contributed by atoms with E-state index in [1.54, 1.807) is 0 Å². The van der Waals surface area contributed by atoms with Gasteiger partial charge in [-0.1, -0.05) is 6.92 Å². The molecule has 1 unspecified atom stereocenters. The van der Waals surface area contributed by atoms with Crippen LogP contribution in [0.15, 0.2) is 0 Å². The van der Waals surface area contributed by atoms with Crippen LogP contribution >= 0.6 is 11.8 Å². The third kappa shape index (κ3) is 0.978. The van der Waals surface area contributed by atoms with E-state index in [9.17, 15) is 0 Å². The third-order valence-electron chi connectivity index (χ3n) is 2.51. The van der Waals surface area contributed by atoms with E-state index in [2.05, 4.69) is 30.6 Å². The summed E-state index contributed by atoms with van der Waals surface area (Å²) in [4.78, 5) is 2.42. The molecule has 58 valence electrons. The summed E-state index contributed by atoms with van der Waals surface area (Å²) < 4.78 is 0.703. The molecule has 0 aromatic heterocycles. The lowest BCUT2D eigenvalue weighted by Crippen LogP contribution is -2.56. The second-order valence-corrected chi connectivity index (χ2v) is 5.46. The highest BCUT2D eigenvalue weighted by Crippen LogP contribution is 2.46. The minimum absolute atomic E-state index is 0.703. The topological polar surface area (TPSA) is 3.24 Å². The van der Waals surface area contributed by atoms with Gasteiger partial charge in [0.05, 0.1) is 0 Å². The van der Waals surface area contributed by atoms with Crippen LogP contribution in [0.3, 0.4) is 0 Å². The Labute approximate surface area is 67.2 Å². The van der Waals surface area contributed by atoms with Crippen molar-refractivity contribution in [2.75, 3.05) is 25.9 Å². The highest BCUT2D eigenvalue weighted by Gasteiger charge is 2.46. The first-order valence-electron chi connectivity index (χ1n) is 4.03. The molecule has 0 bridgehead atoms. The fourth-order valence-electron chi connectivity index (χ4n) is 2.23. The van der Waals surface area contributed by atoms with Gasteiger partial charge in [0.1, 0.15) is 0 Å². The van der Waals surface area contributed by atoms with Crippen LogP contribution in [0.2, 0.25) is 0 Å². The van der Waals surface area contributed by atoms with Crippen LogP contribution in [0.25, 0.3) is 0 Å². The number of likely N-dealkylation sites (tertiary alicyclic amines) is 1. The molecule has 0 N–H and O–H groups in total. The molecule has 10 heavy (non-hydrogen) atoms. The molecule has 2 rings (SSSR count). The molecule has 0 radical (unpaired) electrons. The monoisotopic (exact) mass is 157 g/mol. The van der Waals surface area contributed by atoms with Crippen LogP contribution in [0, 0.1) is 5.92 Å². The second-order valence-electron chi connectivity index (χ2n) is 3.98. The van der Waals surface area contributed by atoms with Crippen LogP contribution in [-0.2, 0) is 0 Å². The Morgan fingerprint density at radius 2 is 2.20 bits per heavy atom. The molecule has 1 atom stereocenters. The number of nitrogens with zero attached hydrogens (tertiary/aromatic N) is 1. The van der Waals surface area contributed by atoms with Crippen molar-refractivity contribution in [3.63, 3.8) is 0 Å². The van der Waals surface area contributed by atoms with Gasteiger partial charge in [0, 0.05) is 17.8 Å². The molecular weight excluding hydrogens is 142 g/mol. The minimum atomic E-state index is 0.703. The zero-order valence-electron chi connectivity index (χ0n) is 6.76. The van der Waals surface area contributed by atoms with E-state index in [0.717, 1.165) is 5.92 Å². The normalized spacial score (nSPS) is 38.4. The first-order chi connectivity index (χ1) is 4.70. The van der Waals surface area contributed by atoms with Crippen molar-refractivity contribution < 1.29 is 0 Å². The summed E-state index contributed by atoms with van der Waals surface area (Å²) in [5, 5.41) is 0. The van der Waals surface area contributed by atoms with E-state index in [-0.39, 0.29) is 0 Å². The quantitative estimate of drug-likeness (QED) is 0.523. The molecule has 0 aliphatic carbocycles. The summed E-state index contributed by atoms with van der Waals surface area (Å²) in [5.41, 5.74) is 0. The van der Waals surface area contributed by atoms with Gasteiger partial charge in [-0.2, -0.15) is 11.8 Å². The van der Waals surface area contributed by atoms with E-state index in [1.165, 1.54) is 25.3 Å². The second kappa shape index (κ2) is 2.15. The van der Waals surface area contributed by atoms with Crippen LogP contribution in [0.5, 0.6) is 0 Å². The van der Waals surface area contributed by atoms with E-state index < -0.39 is 0 Å². The third-order valence-corrected chi connectivity index (χ3v) is 4.28. The van der Waals surface area contributed by atoms with Crippen molar-refractivity contribution in [1.82, 2.24) is 4.90 Å². The number of rotatable bonds is 0. The van der Waals surface area contributed by atoms with Crippen molar-refractivity contribution >= 4 is 11.8 Å². The van der Waals surface area contributed by atoms with Gasteiger partial charge in [0.15, 0.2) is 0 Å². The molecule has 0 saturated carbocycles. The lowest BCUT2D eigenvalue weighted by Gasteiger charge is -2.45. The van der Waals surface area contributed by atoms with Crippen LogP contribution in [0.1, 0.15) is 13.3 Å². The van der Waals surface area contributed by atoms with Crippen molar-refractivity contribution in [3.8, 4) is 0 Å². The molecule has 2 heteroatoms. The maximum atomic E-state index is 2.42. The van der Waals surface area contributed by atoms with Crippen molar-refractivity contribution in [3.05, 3.63) is 0 Å². The Hall–Kier alpha value is 0.310. The Kier molecular flexibility index (Phi) is 1.50. The molecule has 2 aliphatic heterocycles. The van der Waals surface area contributed by atoms with Gasteiger partial charge in [-0.05, 0) is 25.1 Å². The summed E-state index contributed by atoms with van der Waals surface area (Å²) in [7, 11) is 2.22. The number of hydrogen-bond donors (Lipinski definition) is 0. The Morgan fingerprint density at radius 1 is 1.50 bits per heavy atom. The van der Waals surface area contributed by atoms with Gasteiger partial charge in [0.25, 0.3) is 0 Å². The highest BCUT2D eigenvalue weighted by atomic mass is 32.2. The predicted octanol–water partition coefficient (Wildman–Crippen LogP) is 1.44. The first-order valence-corrected chi connectivity index (χ1v) is 5.01. The lowest BCUT2D eigenvalue weighted by molar-refractivity contribution is 0.153. The van der Waals surface area contributed by atoms with E-state index in [1.807, 2.05) is 0 Å². The van der Waals surface area contributed by atoms with E-state index in [4.69, 9.17) is 0 Å². The molecule has 0 aromatic carbocycles. The standard InChI is InChI=1S/C8H15NS/c1-7-3-8(10-4-7)5-9(2)6-8/h7H,3-6H2,1-2H3. The number of thioether (sulfide) groups is 1. The predicted molar refractivity (Wildman–Crippen MR) is 46.5 cm³/mol. The molecule has 2 saturated heterocycles. The molecule has 0 amide bonds. The smallest absolute Gasteiger partial charge is 0.0416 e. The maximum Gasteiger partial charge on any atom is 0.0416 e. The first kappa shape index (κ1) is 6.99. The molecular formula is C8H15NS. The minimum Gasteiger partial charge on any atom is -0.304 e. The van der Waals surface area contributed by atoms with E-state index in [0.29, 0.717) is 4.75 Å². The zero-order chi connectivity index (χ0) is 7.19. The molecule has 2 heterocycles. The molecule has 2 fully saturated rings. The summed E-state index contributed by atoms with van der Waals surface area (Å²) in [5.74, 6) is 2.37. The lowest BCUT2D eigenvalue weighted by atomic mass is 9.90. The average Bonchev–Trinajstić information content (AvgIpc) is 2.10. The Balaban J connectivity index is 1.95. The van der Waals surface area contributed by atoms with Crippen molar-refractivity contribution in [2.24, 2.45) is 5.92 Å². The number of hydrogen-bond acceptors (Lipinski definition) is 2. The van der Waals surface area contributed by atoms with Crippen molar-refractivity contribution in [1.29, 1.82) is 0 Å². The Bertz CT molecular complexity index is 135. The Morgan fingerprint density at radius 3 is 2.60 bits per heavy atom. The van der Waals surface area contributed by atoms with Gasteiger partial charge in [0.2, 0.25) is 0 Å². The van der Waals surface area contributed by atoms with Crippen LogP contribution in [-0.4, -0.2) is 35.5 Å². The summed E-state index contributed by atoms with van der Waals surface area (Å²) in [6, 6.07) is 0. The highest BCUT2D eigenvalue weighted by molar-refractivity contribution is 8.01. The average molecular weight is 157 g/mol. The molecule has 0 aromatic rings. The SMILES string of the molecule is CC1CSC2(C1)CN(C)C2. The van der Waals surface area contributed by atoms with Gasteiger partial charge in [-0.15, -0.1) is 0 Å². The van der Waals surface area contributed by atoms with Gasteiger partial charge >= 0.3 is 0 Å². The summed E-state index contributed by atoms with van der Waals surface area (Å²) in [6.07, 6.45) is 1.46. The fourth-order valence-corrected chi connectivity index (χ4v) is 4.01. The maximum absolute atomic E-state index is 2.42. The summed E-state index contributed by atoms with van der Waals surface area (Å²) in [6.45, 7) is 5.05. The summed E-state index contributed by atoms with van der Waals surface area (Å²) >= 11 is 2.20. The van der Waals surface area contributed by atoms with Crippen molar-refractivity contribution in [2.45, 2.75) is 18.1 Å². The van der Waals surface area contributed by atoms with Crippen LogP contribution in [0.4, 0.5) is 0 Å². The van der Waals surface area contributed by atoms with E-state index >= 15 is 0 Å². The van der Waals surface area contributed by atoms with Crippen LogP contribution < -0.4 is 0 Å². The zero-order valence-corrected chi connectivity index (χ0v) is 7.58.